The van der Waals surface area contributed by atoms with Gasteiger partial charge in [-0.2, -0.15) is 0 Å². The smallest absolute Gasteiger partial charge is 0.394 e. The number of carbonyl (C=O) groups excluding carboxylic acids is 1. The third-order valence-corrected chi connectivity index (χ3v) is 2.14. The number of nitrogens with two attached hydrogens (primary N) is 1. The average molecular weight is 179 g/mol. The summed E-state index contributed by atoms with van der Waals surface area (Å²) in [4.78, 5) is 10.8. The van der Waals surface area contributed by atoms with Gasteiger partial charge in [0.25, 0.3) is 0 Å². The number of rotatable bonds is 3. The summed E-state index contributed by atoms with van der Waals surface area (Å²) in [5.74, 6) is -0.361. The maximum absolute atomic E-state index is 10.8. The van der Waals surface area contributed by atoms with Gasteiger partial charge in [0.1, 0.15) is 0 Å². The SMILES string of the molecule is NCCC(=O)OP1OCCO1. The van der Waals surface area contributed by atoms with Crippen LogP contribution in [0.15, 0.2) is 0 Å². The molecule has 0 spiro atoms. The topological polar surface area (TPSA) is 70.8 Å². The van der Waals surface area contributed by atoms with Crippen molar-refractivity contribution in [2.75, 3.05) is 19.8 Å². The van der Waals surface area contributed by atoms with Crippen molar-refractivity contribution >= 4 is 14.6 Å². The van der Waals surface area contributed by atoms with Gasteiger partial charge < -0.3 is 10.3 Å². The van der Waals surface area contributed by atoms with Gasteiger partial charge in [0, 0.05) is 6.54 Å². The molecule has 0 unspecified atom stereocenters. The van der Waals surface area contributed by atoms with Gasteiger partial charge in [-0.05, 0) is 0 Å². The molecule has 0 saturated carbocycles. The molecule has 1 aliphatic heterocycles. The Labute approximate surface area is 65.8 Å². The van der Waals surface area contributed by atoms with Crippen LogP contribution in [-0.4, -0.2) is 25.7 Å². The molecule has 1 fully saturated rings. The van der Waals surface area contributed by atoms with Crippen LogP contribution < -0.4 is 5.73 Å². The lowest BCUT2D eigenvalue weighted by Gasteiger charge is -2.05. The zero-order chi connectivity index (χ0) is 8.10. The predicted molar refractivity (Wildman–Crippen MR) is 38.6 cm³/mol. The van der Waals surface area contributed by atoms with Crippen LogP contribution in [0.2, 0.25) is 0 Å². The lowest BCUT2D eigenvalue weighted by atomic mass is 10.5. The summed E-state index contributed by atoms with van der Waals surface area (Å²) in [5, 5.41) is 0. The number of carbonyl (C=O) groups is 1. The van der Waals surface area contributed by atoms with Crippen molar-refractivity contribution in [2.24, 2.45) is 5.73 Å². The van der Waals surface area contributed by atoms with E-state index in [0.717, 1.165) is 0 Å². The Morgan fingerprint density at radius 3 is 2.73 bits per heavy atom. The maximum atomic E-state index is 10.8. The molecule has 0 aromatic rings. The second-order valence-electron chi connectivity index (χ2n) is 1.89. The van der Waals surface area contributed by atoms with Gasteiger partial charge in [-0.3, -0.25) is 13.8 Å². The van der Waals surface area contributed by atoms with E-state index in [1.165, 1.54) is 0 Å². The molecule has 2 N–H and O–H groups in total. The Hall–Kier alpha value is -0.220. The fraction of sp³-hybridized carbons (Fsp3) is 0.800. The lowest BCUT2D eigenvalue weighted by molar-refractivity contribution is -0.134. The van der Waals surface area contributed by atoms with E-state index in [-0.39, 0.29) is 12.4 Å². The molecule has 11 heavy (non-hydrogen) atoms. The van der Waals surface area contributed by atoms with Crippen molar-refractivity contribution in [3.8, 4) is 0 Å². The maximum Gasteiger partial charge on any atom is 0.399 e. The molecule has 0 radical (unpaired) electrons. The van der Waals surface area contributed by atoms with Gasteiger partial charge >= 0.3 is 14.6 Å². The molecule has 1 heterocycles. The first-order valence-corrected chi connectivity index (χ1v) is 4.39. The van der Waals surface area contributed by atoms with Gasteiger partial charge in [0.05, 0.1) is 19.6 Å². The second kappa shape index (κ2) is 4.62. The summed E-state index contributed by atoms with van der Waals surface area (Å²) in [5.41, 5.74) is 5.13. The standard InChI is InChI=1S/C5H10NO4P/c6-2-1-5(7)10-11-8-3-4-9-11/h1-4,6H2. The molecule has 1 rings (SSSR count). The fourth-order valence-corrected chi connectivity index (χ4v) is 1.44. The molecule has 5 nitrogen and oxygen atoms in total. The Balaban J connectivity index is 2.13. The second-order valence-corrected chi connectivity index (χ2v) is 3.04. The van der Waals surface area contributed by atoms with Crippen LogP contribution in [-0.2, 0) is 18.4 Å². The van der Waals surface area contributed by atoms with E-state index in [1.807, 2.05) is 0 Å². The Morgan fingerprint density at radius 2 is 2.18 bits per heavy atom. The van der Waals surface area contributed by atoms with Gasteiger partial charge in [-0.15, -0.1) is 0 Å². The first kappa shape index (κ1) is 8.87. The molecule has 1 saturated heterocycles. The molecule has 1 aliphatic rings. The normalized spacial score (nSPS) is 18.6. The Kier molecular flexibility index (Phi) is 3.72. The zero-order valence-electron chi connectivity index (χ0n) is 5.99. The molecule has 0 aromatic heterocycles. The molecule has 0 atom stereocenters. The highest BCUT2D eigenvalue weighted by Crippen LogP contribution is 2.43. The van der Waals surface area contributed by atoms with Crippen LogP contribution in [0.3, 0.4) is 0 Å². The molecule has 0 aromatic carbocycles. The molecular weight excluding hydrogens is 169 g/mol. The summed E-state index contributed by atoms with van der Waals surface area (Å²) >= 11 is 0. The van der Waals surface area contributed by atoms with Crippen molar-refractivity contribution in [3.05, 3.63) is 0 Å². The van der Waals surface area contributed by atoms with Gasteiger partial charge in [0.2, 0.25) is 0 Å². The first-order valence-electron chi connectivity index (χ1n) is 3.30. The summed E-state index contributed by atoms with van der Waals surface area (Å²) in [7, 11) is -1.40. The number of hydrogen-bond acceptors (Lipinski definition) is 5. The molecule has 6 heteroatoms. The molecule has 64 valence electrons. The molecule has 0 aliphatic carbocycles. The fourth-order valence-electron chi connectivity index (χ4n) is 0.560. The highest BCUT2D eigenvalue weighted by atomic mass is 31.2. The van der Waals surface area contributed by atoms with E-state index in [9.17, 15) is 4.79 Å². The zero-order valence-corrected chi connectivity index (χ0v) is 6.88. The summed E-state index contributed by atoms with van der Waals surface area (Å²) < 4.78 is 14.6. The van der Waals surface area contributed by atoms with Crippen LogP contribution in [0.1, 0.15) is 6.42 Å². The third-order valence-electron chi connectivity index (χ3n) is 1.00. The van der Waals surface area contributed by atoms with Crippen molar-refractivity contribution in [1.82, 2.24) is 0 Å². The monoisotopic (exact) mass is 179 g/mol. The van der Waals surface area contributed by atoms with Crippen LogP contribution in [0, 0.1) is 0 Å². The molecular formula is C5H10NO4P. The van der Waals surface area contributed by atoms with Crippen molar-refractivity contribution in [3.63, 3.8) is 0 Å². The van der Waals surface area contributed by atoms with Crippen LogP contribution >= 0.6 is 8.60 Å². The van der Waals surface area contributed by atoms with E-state index in [1.54, 1.807) is 0 Å². The van der Waals surface area contributed by atoms with E-state index in [2.05, 4.69) is 0 Å². The van der Waals surface area contributed by atoms with E-state index in [4.69, 9.17) is 19.3 Å². The summed E-state index contributed by atoms with van der Waals surface area (Å²) in [6.45, 7) is 1.30. The van der Waals surface area contributed by atoms with E-state index in [0.29, 0.717) is 19.8 Å². The van der Waals surface area contributed by atoms with Crippen molar-refractivity contribution in [2.45, 2.75) is 6.42 Å². The number of hydrogen-bond donors (Lipinski definition) is 1. The van der Waals surface area contributed by atoms with Crippen LogP contribution in [0.25, 0.3) is 0 Å². The summed E-state index contributed by atoms with van der Waals surface area (Å²) in [6, 6.07) is 0. The minimum absolute atomic E-state index is 0.214. The van der Waals surface area contributed by atoms with Gasteiger partial charge in [-0.1, -0.05) is 0 Å². The lowest BCUT2D eigenvalue weighted by Crippen LogP contribution is -2.08. The quantitative estimate of drug-likeness (QED) is 0.624. The van der Waals surface area contributed by atoms with Gasteiger partial charge in [-0.25, -0.2) is 0 Å². The highest BCUT2D eigenvalue weighted by Gasteiger charge is 2.22. The van der Waals surface area contributed by atoms with Crippen molar-refractivity contribution < 1.29 is 18.4 Å². The van der Waals surface area contributed by atoms with E-state index >= 15 is 0 Å². The molecule has 0 bridgehead atoms. The third kappa shape index (κ3) is 3.12. The molecule has 0 amide bonds. The Morgan fingerprint density at radius 1 is 1.55 bits per heavy atom. The minimum Gasteiger partial charge on any atom is -0.394 e. The average Bonchev–Trinajstić information content (AvgIpc) is 2.40. The predicted octanol–water partition coefficient (Wildman–Crippen LogP) is 0.152. The Bertz CT molecular complexity index is 136. The first-order chi connectivity index (χ1) is 5.33. The van der Waals surface area contributed by atoms with Crippen molar-refractivity contribution in [1.29, 1.82) is 0 Å². The van der Waals surface area contributed by atoms with Gasteiger partial charge in [0.15, 0.2) is 0 Å². The summed E-state index contributed by atoms with van der Waals surface area (Å²) in [6.07, 6.45) is 0.214. The van der Waals surface area contributed by atoms with Crippen LogP contribution in [0.5, 0.6) is 0 Å². The van der Waals surface area contributed by atoms with E-state index < -0.39 is 8.60 Å². The minimum atomic E-state index is -1.40. The highest BCUT2D eigenvalue weighted by molar-refractivity contribution is 7.42. The largest absolute Gasteiger partial charge is 0.399 e. The van der Waals surface area contributed by atoms with Crippen LogP contribution in [0.4, 0.5) is 0 Å².